The number of carbonyl (C=O) groups excluding carboxylic acids is 1. The molecule has 0 saturated carbocycles. The van der Waals surface area contributed by atoms with Crippen molar-refractivity contribution in [2.75, 3.05) is 20.2 Å². The van der Waals surface area contributed by atoms with E-state index in [0.29, 0.717) is 34.9 Å². The van der Waals surface area contributed by atoms with Gasteiger partial charge < -0.3 is 4.74 Å². The van der Waals surface area contributed by atoms with E-state index < -0.39 is 10.0 Å². The second-order valence-electron chi connectivity index (χ2n) is 6.16. The van der Waals surface area contributed by atoms with E-state index >= 15 is 0 Å². The van der Waals surface area contributed by atoms with Gasteiger partial charge in [0.1, 0.15) is 9.96 Å². The van der Waals surface area contributed by atoms with E-state index in [1.54, 1.807) is 37.4 Å². The quantitative estimate of drug-likeness (QED) is 0.748. The van der Waals surface area contributed by atoms with Gasteiger partial charge in [-0.3, -0.25) is 4.79 Å². The Morgan fingerprint density at radius 3 is 2.52 bits per heavy atom. The highest BCUT2D eigenvalue weighted by atomic mass is 32.2. The number of ketones is 1. The molecular formula is C18H21NO4S2. The molecule has 0 bridgehead atoms. The molecular weight excluding hydrogens is 358 g/mol. The predicted octanol–water partition coefficient (Wildman–Crippen LogP) is 3.35. The molecule has 134 valence electrons. The van der Waals surface area contributed by atoms with Gasteiger partial charge in [0.25, 0.3) is 10.0 Å². The molecule has 25 heavy (non-hydrogen) atoms. The van der Waals surface area contributed by atoms with Crippen molar-refractivity contribution in [2.45, 2.75) is 24.0 Å². The third kappa shape index (κ3) is 3.78. The van der Waals surface area contributed by atoms with Gasteiger partial charge in [0.2, 0.25) is 0 Å². The van der Waals surface area contributed by atoms with Gasteiger partial charge in [0.15, 0.2) is 5.78 Å². The average Bonchev–Trinajstić information content (AvgIpc) is 3.08. The van der Waals surface area contributed by atoms with E-state index in [9.17, 15) is 13.2 Å². The van der Waals surface area contributed by atoms with Gasteiger partial charge >= 0.3 is 0 Å². The number of benzene rings is 1. The van der Waals surface area contributed by atoms with Crippen molar-refractivity contribution in [3.05, 3.63) is 46.8 Å². The Hall–Kier alpha value is -1.70. The van der Waals surface area contributed by atoms with Crippen LogP contribution in [0.2, 0.25) is 0 Å². The molecule has 0 amide bonds. The van der Waals surface area contributed by atoms with Gasteiger partial charge in [-0.05, 0) is 56.2 Å². The van der Waals surface area contributed by atoms with Gasteiger partial charge in [-0.1, -0.05) is 0 Å². The van der Waals surface area contributed by atoms with Crippen molar-refractivity contribution in [2.24, 2.45) is 5.92 Å². The van der Waals surface area contributed by atoms with Crippen LogP contribution in [0, 0.1) is 12.8 Å². The van der Waals surface area contributed by atoms with Gasteiger partial charge in [0.05, 0.1) is 7.11 Å². The molecule has 0 aliphatic carbocycles. The van der Waals surface area contributed by atoms with E-state index in [2.05, 4.69) is 0 Å². The molecule has 0 N–H and O–H groups in total. The Morgan fingerprint density at radius 1 is 1.20 bits per heavy atom. The number of hydrogen-bond acceptors (Lipinski definition) is 5. The average molecular weight is 380 g/mol. The van der Waals surface area contributed by atoms with Crippen LogP contribution in [0.4, 0.5) is 0 Å². The first kappa shape index (κ1) is 18.1. The summed E-state index contributed by atoms with van der Waals surface area (Å²) < 4.78 is 32.5. The lowest BCUT2D eigenvalue weighted by Crippen LogP contribution is -2.42. The van der Waals surface area contributed by atoms with Crippen LogP contribution in [0.5, 0.6) is 5.75 Å². The molecule has 2 aromatic rings. The van der Waals surface area contributed by atoms with Gasteiger partial charge in [-0.2, -0.15) is 4.31 Å². The Balaban J connectivity index is 1.77. The van der Waals surface area contributed by atoms with Gasteiger partial charge in [0, 0.05) is 29.4 Å². The Morgan fingerprint density at radius 2 is 1.92 bits per heavy atom. The first-order valence-corrected chi connectivity index (χ1v) is 10.4. The smallest absolute Gasteiger partial charge is 0.252 e. The summed E-state index contributed by atoms with van der Waals surface area (Å²) in [5.41, 5.74) is 0.594. The van der Waals surface area contributed by atoms with Crippen LogP contribution < -0.4 is 4.74 Å². The molecule has 2 heterocycles. The molecule has 1 atom stereocenters. The molecule has 1 aromatic carbocycles. The van der Waals surface area contributed by atoms with Crippen molar-refractivity contribution in [3.63, 3.8) is 0 Å². The number of ether oxygens (including phenoxy) is 1. The van der Waals surface area contributed by atoms with Crippen molar-refractivity contribution in [3.8, 4) is 5.75 Å². The number of aryl methyl sites for hydroxylation is 1. The van der Waals surface area contributed by atoms with Crippen LogP contribution in [-0.4, -0.2) is 38.7 Å². The summed E-state index contributed by atoms with van der Waals surface area (Å²) in [5, 5.41) is 0. The van der Waals surface area contributed by atoms with E-state index in [1.807, 2.05) is 13.0 Å². The highest BCUT2D eigenvalue weighted by Gasteiger charge is 2.34. The number of piperidine rings is 1. The number of methoxy groups -OCH3 is 1. The number of Topliss-reactive ketones (excluding diaryl/α,β-unsaturated/α-hetero) is 1. The summed E-state index contributed by atoms with van der Waals surface area (Å²) in [6.07, 6.45) is 1.40. The summed E-state index contributed by atoms with van der Waals surface area (Å²) in [5.74, 6) is 0.375. The normalized spacial score (nSPS) is 18.9. The second kappa shape index (κ2) is 7.27. The summed E-state index contributed by atoms with van der Waals surface area (Å²) in [7, 11) is -1.94. The van der Waals surface area contributed by atoms with Crippen molar-refractivity contribution in [1.82, 2.24) is 4.31 Å². The SMILES string of the molecule is COc1ccc(C(=O)C2CCCN(S(=O)(=O)c3ccc(C)s3)C2)cc1. The van der Waals surface area contributed by atoms with Gasteiger partial charge in [-0.15, -0.1) is 11.3 Å². The summed E-state index contributed by atoms with van der Waals surface area (Å²) in [6.45, 7) is 2.59. The standard InChI is InChI=1S/C18H21NO4S2/c1-13-5-10-17(24-13)25(21,22)19-11-3-4-15(12-19)18(20)14-6-8-16(23-2)9-7-14/h5-10,15H,3-4,11-12H2,1-2H3. The second-order valence-corrected chi connectivity index (χ2v) is 9.61. The fraction of sp³-hybridized carbons (Fsp3) is 0.389. The van der Waals surface area contributed by atoms with Crippen molar-refractivity contribution >= 4 is 27.1 Å². The fourth-order valence-electron chi connectivity index (χ4n) is 3.04. The fourth-order valence-corrected chi connectivity index (χ4v) is 6.01. The zero-order valence-electron chi connectivity index (χ0n) is 14.3. The number of carbonyl (C=O) groups is 1. The van der Waals surface area contributed by atoms with Crippen molar-refractivity contribution in [1.29, 1.82) is 0 Å². The molecule has 0 spiro atoms. The number of nitrogens with zero attached hydrogens (tertiary/aromatic N) is 1. The molecule has 1 aliphatic rings. The van der Waals surface area contributed by atoms with Crippen LogP contribution >= 0.6 is 11.3 Å². The van der Waals surface area contributed by atoms with Gasteiger partial charge in [-0.25, -0.2) is 8.42 Å². The highest BCUT2D eigenvalue weighted by molar-refractivity contribution is 7.91. The number of rotatable bonds is 5. The summed E-state index contributed by atoms with van der Waals surface area (Å²) in [4.78, 5) is 13.7. The minimum absolute atomic E-state index is 0.00934. The molecule has 1 aromatic heterocycles. The number of sulfonamides is 1. The number of hydrogen-bond donors (Lipinski definition) is 0. The lowest BCUT2D eigenvalue weighted by molar-refractivity contribution is 0.0872. The van der Waals surface area contributed by atoms with Crippen molar-refractivity contribution < 1.29 is 17.9 Å². The molecule has 3 rings (SSSR count). The minimum Gasteiger partial charge on any atom is -0.497 e. The maximum absolute atomic E-state index is 12.8. The highest BCUT2D eigenvalue weighted by Crippen LogP contribution is 2.29. The van der Waals surface area contributed by atoms with Crippen LogP contribution in [0.25, 0.3) is 0 Å². The van der Waals surface area contributed by atoms with E-state index in [0.717, 1.165) is 4.88 Å². The molecule has 1 saturated heterocycles. The third-order valence-electron chi connectivity index (χ3n) is 4.44. The third-order valence-corrected chi connectivity index (χ3v) is 7.77. The molecule has 0 radical (unpaired) electrons. The number of thiophene rings is 1. The zero-order chi connectivity index (χ0) is 18.0. The van der Waals surface area contributed by atoms with E-state index in [-0.39, 0.29) is 18.2 Å². The van der Waals surface area contributed by atoms with Crippen LogP contribution in [0.1, 0.15) is 28.1 Å². The Kier molecular flexibility index (Phi) is 5.27. The molecule has 5 nitrogen and oxygen atoms in total. The Bertz CT molecular complexity index is 855. The maximum Gasteiger partial charge on any atom is 0.252 e. The minimum atomic E-state index is -3.52. The predicted molar refractivity (Wildman–Crippen MR) is 97.9 cm³/mol. The van der Waals surface area contributed by atoms with Crippen LogP contribution in [0.15, 0.2) is 40.6 Å². The molecule has 7 heteroatoms. The van der Waals surface area contributed by atoms with Crippen LogP contribution in [-0.2, 0) is 10.0 Å². The van der Waals surface area contributed by atoms with E-state index in [1.165, 1.54) is 15.6 Å². The van der Waals surface area contributed by atoms with Crippen LogP contribution in [0.3, 0.4) is 0 Å². The Labute approximate surface area is 152 Å². The first-order valence-electron chi connectivity index (χ1n) is 8.16. The molecule has 1 fully saturated rings. The molecule has 1 aliphatic heterocycles. The lowest BCUT2D eigenvalue weighted by Gasteiger charge is -2.30. The summed E-state index contributed by atoms with van der Waals surface area (Å²) in [6, 6.07) is 10.4. The largest absolute Gasteiger partial charge is 0.497 e. The summed E-state index contributed by atoms with van der Waals surface area (Å²) >= 11 is 1.27. The zero-order valence-corrected chi connectivity index (χ0v) is 15.9. The first-order chi connectivity index (χ1) is 11.9. The maximum atomic E-state index is 12.8. The molecule has 1 unspecified atom stereocenters. The van der Waals surface area contributed by atoms with E-state index in [4.69, 9.17) is 4.74 Å². The monoisotopic (exact) mass is 379 g/mol. The lowest BCUT2D eigenvalue weighted by atomic mass is 9.91. The topological polar surface area (TPSA) is 63.7 Å².